The highest BCUT2D eigenvalue weighted by molar-refractivity contribution is 7.47. The smallest absolute Gasteiger partial charge is 0.462 e. The maximum absolute atomic E-state index is 13.1. The Morgan fingerprint density at radius 2 is 0.510 bits per heavy atom. The molecule has 96 heavy (non-hydrogen) atoms. The normalized spacial score (nSPS) is 14.2. The maximum atomic E-state index is 13.1. The van der Waals surface area contributed by atoms with E-state index in [1.165, 1.54) is 141 Å². The second kappa shape index (κ2) is 70.5. The van der Waals surface area contributed by atoms with Crippen molar-refractivity contribution in [1.82, 2.24) is 0 Å². The summed E-state index contributed by atoms with van der Waals surface area (Å²) in [6, 6.07) is 0. The van der Waals surface area contributed by atoms with Crippen LogP contribution in [0, 0.1) is 0 Å². The predicted octanol–water partition coefficient (Wildman–Crippen LogP) is 22.1. The van der Waals surface area contributed by atoms with E-state index < -0.39 is 97.5 Å². The molecule has 0 amide bonds. The molecule has 0 saturated carbocycles. The van der Waals surface area contributed by atoms with Crippen molar-refractivity contribution in [2.45, 2.75) is 380 Å². The number of hydrogen-bond acceptors (Lipinski definition) is 15. The Balaban J connectivity index is 5.32. The minimum Gasteiger partial charge on any atom is -0.462 e. The molecule has 0 fully saturated rings. The number of phosphoric ester groups is 2. The molecule has 19 heteroatoms. The summed E-state index contributed by atoms with van der Waals surface area (Å²) >= 11 is 0. The zero-order chi connectivity index (χ0) is 70.4. The van der Waals surface area contributed by atoms with Gasteiger partial charge in [-0.2, -0.15) is 0 Å². The lowest BCUT2D eigenvalue weighted by molar-refractivity contribution is -0.161. The lowest BCUT2D eigenvalue weighted by atomic mass is 10.0. The van der Waals surface area contributed by atoms with Crippen molar-refractivity contribution in [3.05, 3.63) is 48.6 Å². The first kappa shape index (κ1) is 93.0. The monoisotopic (exact) mass is 1400 g/mol. The molecule has 0 aromatic rings. The minimum absolute atomic E-state index is 0.0881. The van der Waals surface area contributed by atoms with Gasteiger partial charge in [-0.1, -0.05) is 282 Å². The fourth-order valence-electron chi connectivity index (χ4n) is 10.8. The third kappa shape index (κ3) is 69.5. The second-order valence-electron chi connectivity index (χ2n) is 26.3. The van der Waals surface area contributed by atoms with Crippen LogP contribution in [-0.4, -0.2) is 96.7 Å². The van der Waals surface area contributed by atoms with Gasteiger partial charge in [0, 0.05) is 25.7 Å². The van der Waals surface area contributed by atoms with Crippen LogP contribution in [0.15, 0.2) is 48.6 Å². The van der Waals surface area contributed by atoms with Crippen molar-refractivity contribution in [3.8, 4) is 0 Å². The molecule has 0 radical (unpaired) electrons. The Hall–Kier alpha value is -2.98. The second-order valence-corrected chi connectivity index (χ2v) is 29.2. The van der Waals surface area contributed by atoms with Crippen LogP contribution < -0.4 is 0 Å². The van der Waals surface area contributed by atoms with Gasteiger partial charge < -0.3 is 33.8 Å². The van der Waals surface area contributed by atoms with Crippen LogP contribution >= 0.6 is 15.6 Å². The Bertz CT molecular complexity index is 2010. The van der Waals surface area contributed by atoms with Crippen LogP contribution in [0.25, 0.3) is 0 Å². The maximum Gasteiger partial charge on any atom is 0.472 e. The molecule has 0 aliphatic rings. The molecule has 0 saturated heterocycles. The van der Waals surface area contributed by atoms with E-state index in [0.29, 0.717) is 25.7 Å². The molecule has 3 N–H and O–H groups in total. The number of phosphoric acid groups is 2. The predicted molar refractivity (Wildman–Crippen MR) is 390 cm³/mol. The van der Waals surface area contributed by atoms with Crippen molar-refractivity contribution in [2.75, 3.05) is 39.6 Å². The first-order valence-corrected chi connectivity index (χ1v) is 41.9. The average molecular weight is 1400 g/mol. The van der Waals surface area contributed by atoms with E-state index in [9.17, 15) is 43.2 Å². The van der Waals surface area contributed by atoms with Gasteiger partial charge in [0.05, 0.1) is 26.4 Å². The van der Waals surface area contributed by atoms with Crippen LogP contribution in [0.1, 0.15) is 362 Å². The van der Waals surface area contributed by atoms with Crippen LogP contribution in [0.5, 0.6) is 0 Å². The number of ether oxygens (including phenoxy) is 4. The average Bonchev–Trinajstić information content (AvgIpc) is 1.14. The van der Waals surface area contributed by atoms with E-state index in [1.54, 1.807) is 0 Å². The van der Waals surface area contributed by atoms with Crippen LogP contribution in [0.4, 0.5) is 0 Å². The van der Waals surface area contributed by atoms with Crippen molar-refractivity contribution in [2.24, 2.45) is 0 Å². The van der Waals surface area contributed by atoms with Gasteiger partial charge in [-0.15, -0.1) is 0 Å². The SMILES string of the molecule is CCCCCC/C=C\C=C/CCCCCCCC(=O)OC[C@H](COP(=O)(O)OC[C@H](O)COP(=O)(O)OC[C@@H](COC(=O)CCCCCCC/C=C\CCCCCCCC)OC(=O)CCCCCCC/C=C\CCCCCC)OC(=O)CCCCCCCCCCCCCCC. The van der Waals surface area contributed by atoms with Crippen LogP contribution in [0.2, 0.25) is 0 Å². The van der Waals surface area contributed by atoms with Gasteiger partial charge in [-0.3, -0.25) is 37.3 Å². The lowest BCUT2D eigenvalue weighted by Gasteiger charge is -2.21. The molecule has 0 heterocycles. The Labute approximate surface area is 585 Å². The number of rotatable bonds is 74. The van der Waals surface area contributed by atoms with E-state index in [1.807, 2.05) is 0 Å². The summed E-state index contributed by atoms with van der Waals surface area (Å²) in [6.07, 6.45) is 66.6. The summed E-state index contributed by atoms with van der Waals surface area (Å²) in [7, 11) is -9.94. The van der Waals surface area contributed by atoms with Gasteiger partial charge in [0.2, 0.25) is 0 Å². The number of aliphatic hydroxyl groups excluding tert-OH is 1. The standard InChI is InChI=1S/C77H142O17P2/c1-5-9-13-17-21-25-29-33-35-39-41-45-49-53-57-61-74(79)87-67-72(93-76(81)63-59-55-51-47-43-37-31-27-23-19-15-11-7-3)69-91-95(83,84)89-65-71(78)66-90-96(85,86)92-70-73(94-77(82)64-60-56-52-48-44-38-32-28-24-20-16-12-8-4)68-88-75(80)62-58-54-50-46-42-40-36-34-30-26-22-18-14-10-6-2/h25,28-29,32-36,71-73,78H,5-24,26-27,30-31,37-70H2,1-4H3,(H,83,84)(H,85,86)/b29-25-,32-28-,35-33-,36-34-/t71-,72+,73+/m0/s1. The van der Waals surface area contributed by atoms with E-state index >= 15 is 0 Å². The topological polar surface area (TPSA) is 237 Å². The summed E-state index contributed by atoms with van der Waals surface area (Å²) in [5.41, 5.74) is 0. The Kier molecular flexibility index (Phi) is 68.3. The molecule has 5 atom stereocenters. The van der Waals surface area contributed by atoms with E-state index in [0.717, 1.165) is 141 Å². The van der Waals surface area contributed by atoms with Gasteiger partial charge in [0.15, 0.2) is 12.2 Å². The largest absolute Gasteiger partial charge is 0.472 e. The first-order chi connectivity index (χ1) is 46.7. The number of aliphatic hydroxyl groups is 1. The van der Waals surface area contributed by atoms with Crippen molar-refractivity contribution >= 4 is 39.5 Å². The number of allylic oxidation sites excluding steroid dienone is 8. The zero-order valence-electron chi connectivity index (χ0n) is 61.3. The number of hydrogen-bond donors (Lipinski definition) is 3. The van der Waals surface area contributed by atoms with E-state index in [2.05, 4.69) is 76.3 Å². The number of carbonyl (C=O) groups excluding carboxylic acids is 4. The van der Waals surface area contributed by atoms with Crippen molar-refractivity contribution in [3.63, 3.8) is 0 Å². The Morgan fingerprint density at radius 1 is 0.292 bits per heavy atom. The molecule has 562 valence electrons. The summed E-state index contributed by atoms with van der Waals surface area (Å²) in [5, 5.41) is 10.6. The molecular weight excluding hydrogens is 1260 g/mol. The van der Waals surface area contributed by atoms with E-state index in [-0.39, 0.29) is 25.7 Å². The summed E-state index contributed by atoms with van der Waals surface area (Å²) in [4.78, 5) is 72.8. The molecule has 2 unspecified atom stereocenters. The summed E-state index contributed by atoms with van der Waals surface area (Å²) < 4.78 is 68.5. The highest BCUT2D eigenvalue weighted by atomic mass is 31.2. The van der Waals surface area contributed by atoms with Gasteiger partial charge in [-0.25, -0.2) is 9.13 Å². The number of carbonyl (C=O) groups is 4. The van der Waals surface area contributed by atoms with Gasteiger partial charge in [-0.05, 0) is 103 Å². The lowest BCUT2D eigenvalue weighted by Crippen LogP contribution is -2.30. The quantitative estimate of drug-likeness (QED) is 0.0128. The molecule has 0 bridgehead atoms. The third-order valence-corrected chi connectivity index (χ3v) is 18.7. The van der Waals surface area contributed by atoms with E-state index in [4.69, 9.17) is 37.0 Å². The molecule has 0 aliphatic carbocycles. The molecule has 0 aromatic heterocycles. The number of unbranched alkanes of at least 4 members (excludes halogenated alkanes) is 41. The summed E-state index contributed by atoms with van der Waals surface area (Å²) in [5.74, 6) is -2.18. The fraction of sp³-hybridized carbons (Fsp3) is 0.844. The summed E-state index contributed by atoms with van der Waals surface area (Å²) in [6.45, 7) is 4.86. The van der Waals surface area contributed by atoms with Crippen molar-refractivity contribution < 1.29 is 80.2 Å². The number of esters is 4. The zero-order valence-corrected chi connectivity index (χ0v) is 63.1. The highest BCUT2D eigenvalue weighted by Gasteiger charge is 2.30. The van der Waals surface area contributed by atoms with Crippen LogP contribution in [-0.2, 0) is 65.4 Å². The molecule has 0 rings (SSSR count). The van der Waals surface area contributed by atoms with Crippen LogP contribution in [0.3, 0.4) is 0 Å². The molecular formula is C77H142O17P2. The molecule has 0 spiro atoms. The fourth-order valence-corrected chi connectivity index (χ4v) is 12.4. The third-order valence-electron chi connectivity index (χ3n) is 16.8. The highest BCUT2D eigenvalue weighted by Crippen LogP contribution is 2.45. The van der Waals surface area contributed by atoms with Gasteiger partial charge in [0.25, 0.3) is 0 Å². The Morgan fingerprint density at radius 3 is 0.792 bits per heavy atom. The molecule has 0 aromatic carbocycles. The minimum atomic E-state index is -4.97. The van der Waals surface area contributed by atoms with Crippen molar-refractivity contribution in [1.29, 1.82) is 0 Å². The van der Waals surface area contributed by atoms with Gasteiger partial charge in [0.1, 0.15) is 19.3 Å². The molecule has 0 aliphatic heterocycles. The molecule has 17 nitrogen and oxygen atoms in total. The first-order valence-electron chi connectivity index (χ1n) is 38.9. The van der Waals surface area contributed by atoms with Gasteiger partial charge >= 0.3 is 39.5 Å².